The van der Waals surface area contributed by atoms with Crippen molar-refractivity contribution in [3.05, 3.63) is 11.4 Å². The van der Waals surface area contributed by atoms with Crippen LogP contribution in [0.2, 0.25) is 0 Å². The van der Waals surface area contributed by atoms with E-state index in [-0.39, 0.29) is 6.03 Å². The summed E-state index contributed by atoms with van der Waals surface area (Å²) in [6.45, 7) is 4.01. The maximum Gasteiger partial charge on any atom is 0.327 e. The second kappa shape index (κ2) is 5.52. The number of carboxylic acid groups (broad SMARTS) is 1. The molecule has 8 heteroatoms. The van der Waals surface area contributed by atoms with Crippen molar-refractivity contribution in [3.63, 3.8) is 0 Å². The van der Waals surface area contributed by atoms with Crippen LogP contribution < -0.4 is 5.32 Å². The molecule has 2 rings (SSSR count). The van der Waals surface area contributed by atoms with E-state index in [4.69, 9.17) is 5.11 Å². The van der Waals surface area contributed by atoms with E-state index in [2.05, 4.69) is 15.5 Å². The number of hydrogen-bond donors (Lipinski definition) is 3. The van der Waals surface area contributed by atoms with Gasteiger partial charge in [0, 0.05) is 18.1 Å². The van der Waals surface area contributed by atoms with E-state index in [0.29, 0.717) is 23.7 Å². The highest BCUT2D eigenvalue weighted by Crippen LogP contribution is 2.20. The standard InChI is InChI=1S/C11H16N4O3S/c1-6-9(7(2)14-13-6)12-11(18)15-3-4-19-5-8(15)10(16)17/h8H,3-5H2,1-2H3,(H,12,18)(H,13,14)(H,16,17). The van der Waals surface area contributed by atoms with Gasteiger partial charge in [-0.05, 0) is 13.8 Å². The van der Waals surface area contributed by atoms with Gasteiger partial charge in [0.2, 0.25) is 0 Å². The van der Waals surface area contributed by atoms with Crippen LogP contribution in [0.1, 0.15) is 11.4 Å². The van der Waals surface area contributed by atoms with Gasteiger partial charge in [0.1, 0.15) is 6.04 Å². The Labute approximate surface area is 114 Å². The van der Waals surface area contributed by atoms with Crippen molar-refractivity contribution < 1.29 is 14.7 Å². The second-order valence-electron chi connectivity index (χ2n) is 4.36. The molecule has 2 amide bonds. The normalized spacial score (nSPS) is 19.3. The molecule has 0 saturated carbocycles. The van der Waals surface area contributed by atoms with Crippen molar-refractivity contribution in [1.29, 1.82) is 0 Å². The summed E-state index contributed by atoms with van der Waals surface area (Å²) in [6.07, 6.45) is 0. The zero-order chi connectivity index (χ0) is 14.0. The minimum Gasteiger partial charge on any atom is -0.480 e. The minimum atomic E-state index is -0.969. The number of aromatic amines is 1. The van der Waals surface area contributed by atoms with E-state index in [1.54, 1.807) is 25.6 Å². The van der Waals surface area contributed by atoms with Crippen molar-refractivity contribution in [2.45, 2.75) is 19.9 Å². The number of amides is 2. The molecule has 0 aromatic carbocycles. The fourth-order valence-corrected chi connectivity index (χ4v) is 3.00. The van der Waals surface area contributed by atoms with Crippen molar-refractivity contribution in [2.24, 2.45) is 0 Å². The largest absolute Gasteiger partial charge is 0.480 e. The molecule has 1 unspecified atom stereocenters. The maximum absolute atomic E-state index is 12.2. The number of carboxylic acids is 1. The molecule has 0 spiro atoms. The molecule has 1 saturated heterocycles. The lowest BCUT2D eigenvalue weighted by atomic mass is 10.2. The number of nitrogens with zero attached hydrogens (tertiary/aromatic N) is 2. The van der Waals surface area contributed by atoms with E-state index in [9.17, 15) is 9.59 Å². The number of urea groups is 1. The molecule has 2 heterocycles. The smallest absolute Gasteiger partial charge is 0.327 e. The summed E-state index contributed by atoms with van der Waals surface area (Å²) >= 11 is 1.55. The number of H-pyrrole nitrogens is 1. The van der Waals surface area contributed by atoms with E-state index >= 15 is 0 Å². The summed E-state index contributed by atoms with van der Waals surface area (Å²) < 4.78 is 0. The van der Waals surface area contributed by atoms with Gasteiger partial charge in [0.05, 0.1) is 17.1 Å². The minimum absolute atomic E-state index is 0.389. The lowest BCUT2D eigenvalue weighted by molar-refractivity contribution is -0.141. The molecule has 0 bridgehead atoms. The Morgan fingerprint density at radius 1 is 1.53 bits per heavy atom. The third-order valence-corrected chi connectivity index (χ3v) is 4.06. The maximum atomic E-state index is 12.2. The fraction of sp³-hybridized carbons (Fsp3) is 0.545. The number of aliphatic carboxylic acids is 1. The molecule has 1 aromatic rings. The summed E-state index contributed by atoms with van der Waals surface area (Å²) in [5, 5.41) is 18.6. The molecule has 1 aromatic heterocycles. The van der Waals surface area contributed by atoms with Gasteiger partial charge in [0.15, 0.2) is 0 Å². The quantitative estimate of drug-likeness (QED) is 0.754. The Kier molecular flexibility index (Phi) is 3.98. The van der Waals surface area contributed by atoms with Crippen LogP contribution in [0.25, 0.3) is 0 Å². The van der Waals surface area contributed by atoms with Gasteiger partial charge in [-0.15, -0.1) is 0 Å². The fourth-order valence-electron chi connectivity index (χ4n) is 1.97. The average molecular weight is 284 g/mol. The van der Waals surface area contributed by atoms with Crippen LogP contribution in [0.3, 0.4) is 0 Å². The lowest BCUT2D eigenvalue weighted by Gasteiger charge is -2.32. The highest BCUT2D eigenvalue weighted by atomic mass is 32.2. The predicted octanol–water partition coefficient (Wildman–Crippen LogP) is 1.06. The number of nitrogens with one attached hydrogen (secondary N) is 2. The number of carbonyl (C=O) groups excluding carboxylic acids is 1. The SMILES string of the molecule is Cc1n[nH]c(C)c1NC(=O)N1CCSCC1C(=O)O. The van der Waals surface area contributed by atoms with Gasteiger partial charge in [-0.2, -0.15) is 16.9 Å². The number of hydrogen-bond acceptors (Lipinski definition) is 4. The van der Waals surface area contributed by atoms with Crippen molar-refractivity contribution in [3.8, 4) is 0 Å². The van der Waals surface area contributed by atoms with Crippen LogP contribution >= 0.6 is 11.8 Å². The number of thioether (sulfide) groups is 1. The van der Waals surface area contributed by atoms with Crippen LogP contribution in [0.4, 0.5) is 10.5 Å². The number of carbonyl (C=O) groups is 2. The van der Waals surface area contributed by atoms with Crippen LogP contribution in [0, 0.1) is 13.8 Å². The van der Waals surface area contributed by atoms with E-state index in [1.807, 2.05) is 0 Å². The first kappa shape index (κ1) is 13.7. The van der Waals surface area contributed by atoms with Crippen LogP contribution in [0.15, 0.2) is 0 Å². The van der Waals surface area contributed by atoms with Gasteiger partial charge in [-0.3, -0.25) is 5.10 Å². The number of aromatic nitrogens is 2. The molecule has 7 nitrogen and oxygen atoms in total. The molecule has 19 heavy (non-hydrogen) atoms. The Balaban J connectivity index is 2.12. The highest BCUT2D eigenvalue weighted by molar-refractivity contribution is 7.99. The molecular weight excluding hydrogens is 268 g/mol. The molecule has 3 N–H and O–H groups in total. The summed E-state index contributed by atoms with van der Waals surface area (Å²) in [5.41, 5.74) is 2.06. The van der Waals surface area contributed by atoms with Gasteiger partial charge in [0.25, 0.3) is 0 Å². The lowest BCUT2D eigenvalue weighted by Crippen LogP contribution is -2.51. The summed E-state index contributed by atoms with van der Waals surface area (Å²) in [5.74, 6) is 0.204. The third kappa shape index (κ3) is 2.83. The molecular formula is C11H16N4O3S. The van der Waals surface area contributed by atoms with E-state index < -0.39 is 12.0 Å². The molecule has 1 atom stereocenters. The van der Waals surface area contributed by atoms with Crippen LogP contribution in [-0.4, -0.2) is 56.3 Å². The first-order valence-electron chi connectivity index (χ1n) is 5.90. The Hall–Kier alpha value is -1.70. The van der Waals surface area contributed by atoms with Gasteiger partial charge < -0.3 is 15.3 Å². The Bertz CT molecular complexity index is 483. The number of rotatable bonds is 2. The second-order valence-corrected chi connectivity index (χ2v) is 5.51. The Morgan fingerprint density at radius 2 is 2.26 bits per heavy atom. The summed E-state index contributed by atoms with van der Waals surface area (Å²) in [7, 11) is 0. The average Bonchev–Trinajstić information content (AvgIpc) is 2.70. The van der Waals surface area contributed by atoms with Crippen molar-refractivity contribution >= 4 is 29.4 Å². The van der Waals surface area contributed by atoms with Gasteiger partial charge in [-0.1, -0.05) is 0 Å². The monoisotopic (exact) mass is 284 g/mol. The summed E-state index contributed by atoms with van der Waals surface area (Å²) in [6, 6.07) is -1.16. The zero-order valence-electron chi connectivity index (χ0n) is 10.8. The van der Waals surface area contributed by atoms with Gasteiger partial charge >= 0.3 is 12.0 Å². The number of anilines is 1. The van der Waals surface area contributed by atoms with Crippen molar-refractivity contribution in [2.75, 3.05) is 23.4 Å². The van der Waals surface area contributed by atoms with E-state index in [0.717, 1.165) is 11.4 Å². The first-order chi connectivity index (χ1) is 9.00. The van der Waals surface area contributed by atoms with Crippen LogP contribution in [-0.2, 0) is 4.79 Å². The molecule has 1 aliphatic rings. The van der Waals surface area contributed by atoms with Gasteiger partial charge in [-0.25, -0.2) is 9.59 Å². The molecule has 1 fully saturated rings. The Morgan fingerprint density at radius 3 is 2.84 bits per heavy atom. The molecule has 104 valence electrons. The highest BCUT2D eigenvalue weighted by Gasteiger charge is 2.32. The van der Waals surface area contributed by atoms with Crippen molar-refractivity contribution in [1.82, 2.24) is 15.1 Å². The van der Waals surface area contributed by atoms with E-state index in [1.165, 1.54) is 4.90 Å². The number of aryl methyl sites for hydroxylation is 2. The van der Waals surface area contributed by atoms with Crippen LogP contribution in [0.5, 0.6) is 0 Å². The molecule has 1 aliphatic heterocycles. The molecule has 0 aliphatic carbocycles. The topological polar surface area (TPSA) is 98.3 Å². The molecule has 0 radical (unpaired) electrons. The first-order valence-corrected chi connectivity index (χ1v) is 7.06. The third-order valence-electron chi connectivity index (χ3n) is 3.03. The zero-order valence-corrected chi connectivity index (χ0v) is 11.6. The predicted molar refractivity (Wildman–Crippen MR) is 72.5 cm³/mol. The summed E-state index contributed by atoms with van der Waals surface area (Å²) in [4.78, 5) is 24.7.